The first kappa shape index (κ1) is 19.1. The van der Waals surface area contributed by atoms with Gasteiger partial charge >= 0.3 is 6.03 Å². The summed E-state index contributed by atoms with van der Waals surface area (Å²) in [4.78, 5) is 33.1. The van der Waals surface area contributed by atoms with Crippen LogP contribution in [0.5, 0.6) is 0 Å². The maximum Gasteiger partial charge on any atom is 0.325 e. The van der Waals surface area contributed by atoms with E-state index in [4.69, 9.17) is 0 Å². The van der Waals surface area contributed by atoms with Crippen molar-refractivity contribution in [2.75, 3.05) is 32.7 Å². The van der Waals surface area contributed by atoms with Crippen molar-refractivity contribution in [1.82, 2.24) is 25.4 Å². The summed E-state index contributed by atoms with van der Waals surface area (Å²) in [5, 5.41) is 6.38. The van der Waals surface area contributed by atoms with Crippen LogP contribution in [0.4, 0.5) is 4.79 Å². The molecule has 26 heavy (non-hydrogen) atoms. The summed E-state index contributed by atoms with van der Waals surface area (Å²) in [7, 11) is 0. The van der Waals surface area contributed by atoms with Crippen LogP contribution < -0.4 is 10.6 Å². The molecule has 1 unspecified atom stereocenters. The van der Waals surface area contributed by atoms with Gasteiger partial charge in [-0.3, -0.25) is 19.6 Å². The zero-order valence-electron chi connectivity index (χ0n) is 14.8. The van der Waals surface area contributed by atoms with Crippen LogP contribution in [-0.2, 0) is 4.79 Å². The van der Waals surface area contributed by atoms with E-state index in [1.54, 1.807) is 6.20 Å². The van der Waals surface area contributed by atoms with Crippen molar-refractivity contribution in [3.63, 3.8) is 0 Å². The van der Waals surface area contributed by atoms with E-state index in [0.717, 1.165) is 45.3 Å². The lowest BCUT2D eigenvalue weighted by Gasteiger charge is -2.37. The molecular formula is C18H26ClN5O2. The molecule has 1 atom stereocenters. The topological polar surface area (TPSA) is 77.6 Å². The second-order valence-corrected chi connectivity index (χ2v) is 7.22. The van der Waals surface area contributed by atoms with Gasteiger partial charge in [-0.25, -0.2) is 4.79 Å². The van der Waals surface area contributed by atoms with Gasteiger partial charge in [0, 0.05) is 51.2 Å². The number of nitrogens with zero attached hydrogens (tertiary/aromatic N) is 3. The largest absolute Gasteiger partial charge is 0.325 e. The normalized spacial score (nSPS) is 25.4. The molecule has 1 aliphatic carbocycles. The fourth-order valence-corrected chi connectivity index (χ4v) is 4.34. The highest BCUT2D eigenvalue weighted by Gasteiger charge is 2.52. The van der Waals surface area contributed by atoms with E-state index in [1.807, 2.05) is 12.3 Å². The van der Waals surface area contributed by atoms with Gasteiger partial charge in [-0.1, -0.05) is 18.9 Å². The number of nitrogens with one attached hydrogen (secondary N) is 2. The minimum atomic E-state index is -0.608. The summed E-state index contributed by atoms with van der Waals surface area (Å²) in [6, 6.07) is 4.03. The zero-order chi connectivity index (χ0) is 17.3. The van der Waals surface area contributed by atoms with Crippen molar-refractivity contribution in [2.24, 2.45) is 0 Å². The van der Waals surface area contributed by atoms with Crippen molar-refractivity contribution in [2.45, 2.75) is 37.3 Å². The standard InChI is InChI=1S/C18H25N5O2.ClH/c24-16-18(5-1-2-6-18)21-17(25)23(16)11-10-22-9-8-20-13-15(22)14-4-3-7-19-12-14;/h3-4,7,12,15,20H,1-2,5-6,8-11,13H2,(H,21,25);1H. The molecular weight excluding hydrogens is 354 g/mol. The van der Waals surface area contributed by atoms with Crippen LogP contribution in [0.1, 0.15) is 37.3 Å². The van der Waals surface area contributed by atoms with Gasteiger partial charge in [0.25, 0.3) is 5.91 Å². The minimum absolute atomic E-state index is 0. The number of aromatic nitrogens is 1. The fourth-order valence-electron chi connectivity index (χ4n) is 4.34. The molecule has 1 spiro atoms. The Balaban J connectivity index is 0.00000196. The van der Waals surface area contributed by atoms with Crippen LogP contribution >= 0.6 is 12.4 Å². The quantitative estimate of drug-likeness (QED) is 0.771. The van der Waals surface area contributed by atoms with Gasteiger partial charge in [-0.15, -0.1) is 12.4 Å². The Kier molecular flexibility index (Phi) is 5.79. The predicted octanol–water partition coefficient (Wildman–Crippen LogP) is 1.31. The van der Waals surface area contributed by atoms with E-state index >= 15 is 0 Å². The lowest BCUT2D eigenvalue weighted by atomic mass is 9.98. The Hall–Kier alpha value is -1.70. The van der Waals surface area contributed by atoms with Crippen LogP contribution in [0.25, 0.3) is 0 Å². The van der Waals surface area contributed by atoms with E-state index in [0.29, 0.717) is 13.1 Å². The van der Waals surface area contributed by atoms with Crippen LogP contribution in [0, 0.1) is 0 Å². The predicted molar refractivity (Wildman–Crippen MR) is 100 cm³/mol. The van der Waals surface area contributed by atoms with E-state index in [2.05, 4.69) is 26.6 Å². The fraction of sp³-hybridized carbons (Fsp3) is 0.611. The number of carbonyl (C=O) groups excluding carboxylic acids is 2. The summed E-state index contributed by atoms with van der Waals surface area (Å²) in [6.07, 6.45) is 7.26. The molecule has 2 aliphatic heterocycles. The van der Waals surface area contributed by atoms with Crippen molar-refractivity contribution >= 4 is 24.3 Å². The van der Waals surface area contributed by atoms with Crippen LogP contribution in [0.2, 0.25) is 0 Å². The molecule has 0 radical (unpaired) electrons. The molecule has 142 valence electrons. The molecule has 8 heteroatoms. The monoisotopic (exact) mass is 379 g/mol. The maximum absolute atomic E-state index is 12.8. The average Bonchev–Trinajstić information content (AvgIpc) is 3.20. The average molecular weight is 380 g/mol. The summed E-state index contributed by atoms with van der Waals surface area (Å²) in [5.74, 6) is -0.0249. The van der Waals surface area contributed by atoms with Gasteiger partial charge in [-0.05, 0) is 24.5 Å². The summed E-state index contributed by atoms with van der Waals surface area (Å²) in [5.41, 5.74) is 0.558. The second kappa shape index (κ2) is 7.90. The molecule has 2 N–H and O–H groups in total. The number of urea groups is 1. The van der Waals surface area contributed by atoms with E-state index in [1.165, 1.54) is 10.5 Å². The highest BCUT2D eigenvalue weighted by molar-refractivity contribution is 6.07. The Bertz CT molecular complexity index is 650. The number of imide groups is 1. The van der Waals surface area contributed by atoms with Gasteiger partial charge in [0.2, 0.25) is 0 Å². The van der Waals surface area contributed by atoms with Gasteiger partial charge in [-0.2, -0.15) is 0 Å². The molecule has 3 aliphatic rings. The Morgan fingerprint density at radius 3 is 2.77 bits per heavy atom. The molecule has 7 nitrogen and oxygen atoms in total. The number of pyridine rings is 1. The minimum Gasteiger partial charge on any atom is -0.323 e. The van der Waals surface area contributed by atoms with Gasteiger partial charge in [0.1, 0.15) is 5.54 Å². The molecule has 3 amide bonds. The summed E-state index contributed by atoms with van der Waals surface area (Å²) in [6.45, 7) is 3.81. The second-order valence-electron chi connectivity index (χ2n) is 7.22. The Labute approximate surface area is 159 Å². The van der Waals surface area contributed by atoms with Crippen molar-refractivity contribution < 1.29 is 9.59 Å². The Morgan fingerprint density at radius 1 is 1.23 bits per heavy atom. The maximum atomic E-state index is 12.8. The molecule has 1 aromatic heterocycles. The van der Waals surface area contributed by atoms with Crippen LogP contribution in [-0.4, -0.2) is 65.0 Å². The van der Waals surface area contributed by atoms with Gasteiger partial charge < -0.3 is 10.6 Å². The molecule has 4 rings (SSSR count). The first-order valence-electron chi connectivity index (χ1n) is 9.18. The summed E-state index contributed by atoms with van der Waals surface area (Å²) < 4.78 is 0. The molecule has 1 aromatic rings. The first-order valence-corrected chi connectivity index (χ1v) is 9.18. The highest BCUT2D eigenvalue weighted by Crippen LogP contribution is 2.35. The number of piperazine rings is 1. The van der Waals surface area contributed by atoms with E-state index < -0.39 is 5.54 Å². The van der Waals surface area contributed by atoms with Crippen LogP contribution in [0.15, 0.2) is 24.5 Å². The highest BCUT2D eigenvalue weighted by atomic mass is 35.5. The molecule has 2 saturated heterocycles. The molecule has 3 fully saturated rings. The SMILES string of the molecule is Cl.O=C1NC2(CCCC2)C(=O)N1CCN1CCNCC1c1cccnc1. The third-order valence-electron chi connectivity index (χ3n) is 5.74. The third kappa shape index (κ3) is 3.43. The number of amides is 3. The first-order chi connectivity index (χ1) is 12.2. The zero-order valence-corrected chi connectivity index (χ0v) is 15.6. The molecule has 0 bridgehead atoms. The number of hydrogen-bond donors (Lipinski definition) is 2. The summed E-state index contributed by atoms with van der Waals surface area (Å²) >= 11 is 0. The van der Waals surface area contributed by atoms with Crippen LogP contribution in [0.3, 0.4) is 0 Å². The van der Waals surface area contributed by atoms with E-state index in [9.17, 15) is 9.59 Å². The number of hydrogen-bond acceptors (Lipinski definition) is 5. The number of halogens is 1. The van der Waals surface area contributed by atoms with Gasteiger partial charge in [0.05, 0.1) is 0 Å². The van der Waals surface area contributed by atoms with Crippen molar-refractivity contribution in [1.29, 1.82) is 0 Å². The third-order valence-corrected chi connectivity index (χ3v) is 5.74. The molecule has 3 heterocycles. The molecule has 1 saturated carbocycles. The molecule has 0 aromatic carbocycles. The lowest BCUT2D eigenvalue weighted by molar-refractivity contribution is -0.131. The Morgan fingerprint density at radius 2 is 2.04 bits per heavy atom. The van der Waals surface area contributed by atoms with E-state index in [-0.39, 0.29) is 30.4 Å². The lowest BCUT2D eigenvalue weighted by Crippen LogP contribution is -2.49. The smallest absolute Gasteiger partial charge is 0.323 e. The van der Waals surface area contributed by atoms with Crippen molar-refractivity contribution in [3.05, 3.63) is 30.1 Å². The number of rotatable bonds is 4. The number of carbonyl (C=O) groups is 2. The van der Waals surface area contributed by atoms with Crippen molar-refractivity contribution in [3.8, 4) is 0 Å². The van der Waals surface area contributed by atoms with Gasteiger partial charge in [0.15, 0.2) is 0 Å².